The zero-order chi connectivity index (χ0) is 17.8. The summed E-state index contributed by atoms with van der Waals surface area (Å²) in [7, 11) is 0. The molecule has 0 spiro atoms. The molecule has 1 N–H and O–H groups in total. The highest BCUT2D eigenvalue weighted by Crippen LogP contribution is 2.30. The molecule has 0 atom stereocenters. The second kappa shape index (κ2) is 7.58. The predicted octanol–water partition coefficient (Wildman–Crippen LogP) is 4.68. The summed E-state index contributed by atoms with van der Waals surface area (Å²) in [4.78, 5) is 6.18. The fourth-order valence-corrected chi connectivity index (χ4v) is 3.22. The molecule has 0 aliphatic carbocycles. The summed E-state index contributed by atoms with van der Waals surface area (Å²) >= 11 is 3.52. The van der Waals surface area contributed by atoms with Crippen LogP contribution >= 0.6 is 15.9 Å². The van der Waals surface area contributed by atoms with Crippen molar-refractivity contribution in [2.75, 3.05) is 21.9 Å². The van der Waals surface area contributed by atoms with Gasteiger partial charge in [0.25, 0.3) is 0 Å². The second-order valence-corrected chi connectivity index (χ2v) is 6.86. The molecule has 0 saturated heterocycles. The Hall–Kier alpha value is -2.86. The Morgan fingerprint density at radius 3 is 2.69 bits per heavy atom. The standard InChI is InChI=1S/C20H18BrN5/c21-17-4-3-5-18(12-17)25-14-24-26(15-25)20-7-2-1-6-19(20)23-13-16-8-10-22-11-9-16/h1-12,14,23H,13,15H2. The van der Waals surface area contributed by atoms with Gasteiger partial charge in [-0.15, -0.1) is 0 Å². The van der Waals surface area contributed by atoms with E-state index < -0.39 is 0 Å². The number of hydrazone groups is 1. The third-order valence-electron chi connectivity index (χ3n) is 4.17. The van der Waals surface area contributed by atoms with Gasteiger partial charge in [-0.1, -0.05) is 34.1 Å². The molecule has 0 radical (unpaired) electrons. The third-order valence-corrected chi connectivity index (χ3v) is 4.66. The summed E-state index contributed by atoms with van der Waals surface area (Å²) in [5, 5.41) is 10.1. The topological polar surface area (TPSA) is 43.8 Å². The van der Waals surface area contributed by atoms with Crippen molar-refractivity contribution in [1.29, 1.82) is 0 Å². The van der Waals surface area contributed by atoms with E-state index in [0.29, 0.717) is 6.67 Å². The minimum Gasteiger partial charge on any atom is -0.379 e. The zero-order valence-electron chi connectivity index (χ0n) is 14.1. The summed E-state index contributed by atoms with van der Waals surface area (Å²) < 4.78 is 1.06. The molecule has 5 nitrogen and oxygen atoms in total. The first-order valence-corrected chi connectivity index (χ1v) is 9.14. The number of nitrogens with zero attached hydrogens (tertiary/aromatic N) is 4. The van der Waals surface area contributed by atoms with Gasteiger partial charge in [-0.2, -0.15) is 5.10 Å². The number of nitrogens with one attached hydrogen (secondary N) is 1. The van der Waals surface area contributed by atoms with Crippen molar-refractivity contribution in [3.05, 3.63) is 83.1 Å². The number of anilines is 3. The lowest BCUT2D eigenvalue weighted by molar-refractivity contribution is 0.911. The summed E-state index contributed by atoms with van der Waals surface area (Å²) in [6.07, 6.45) is 5.48. The van der Waals surface area contributed by atoms with E-state index in [-0.39, 0.29) is 0 Å². The minimum absolute atomic E-state index is 0.671. The minimum atomic E-state index is 0.671. The van der Waals surface area contributed by atoms with Gasteiger partial charge < -0.3 is 10.2 Å². The molecule has 6 heteroatoms. The van der Waals surface area contributed by atoms with Gasteiger partial charge in [-0.25, -0.2) is 5.01 Å². The lowest BCUT2D eigenvalue weighted by Gasteiger charge is -2.22. The van der Waals surface area contributed by atoms with Crippen LogP contribution in [-0.4, -0.2) is 18.0 Å². The molecule has 1 aliphatic rings. The number of para-hydroxylation sites is 2. The van der Waals surface area contributed by atoms with Gasteiger partial charge in [0.05, 0.1) is 11.4 Å². The maximum Gasteiger partial charge on any atom is 0.118 e. The first-order chi connectivity index (χ1) is 12.8. The molecule has 0 fully saturated rings. The van der Waals surface area contributed by atoms with Crippen molar-refractivity contribution in [3.63, 3.8) is 0 Å². The normalized spacial score (nSPS) is 13.3. The number of aromatic nitrogens is 1. The smallest absolute Gasteiger partial charge is 0.118 e. The van der Waals surface area contributed by atoms with Crippen LogP contribution in [0.15, 0.2) is 82.6 Å². The molecule has 2 aromatic carbocycles. The Kier molecular flexibility index (Phi) is 4.84. The Morgan fingerprint density at radius 2 is 1.85 bits per heavy atom. The third kappa shape index (κ3) is 3.70. The molecular weight excluding hydrogens is 390 g/mol. The van der Waals surface area contributed by atoms with Crippen molar-refractivity contribution in [1.82, 2.24) is 4.98 Å². The molecule has 1 aromatic heterocycles. The predicted molar refractivity (Wildman–Crippen MR) is 110 cm³/mol. The lowest BCUT2D eigenvalue weighted by Crippen LogP contribution is -2.26. The number of hydrogen-bond acceptors (Lipinski definition) is 5. The van der Waals surface area contributed by atoms with Gasteiger partial charge in [-0.3, -0.25) is 4.98 Å². The monoisotopic (exact) mass is 407 g/mol. The van der Waals surface area contributed by atoms with E-state index in [9.17, 15) is 0 Å². The van der Waals surface area contributed by atoms with Gasteiger partial charge in [0, 0.05) is 29.1 Å². The number of pyridine rings is 1. The molecule has 0 amide bonds. The number of rotatable bonds is 5. The Morgan fingerprint density at radius 1 is 1.00 bits per heavy atom. The van der Waals surface area contributed by atoms with Gasteiger partial charge in [0.15, 0.2) is 0 Å². The molecule has 4 rings (SSSR count). The van der Waals surface area contributed by atoms with E-state index in [0.717, 1.165) is 28.1 Å². The van der Waals surface area contributed by atoms with E-state index in [1.54, 1.807) is 0 Å². The molecule has 1 aliphatic heterocycles. The van der Waals surface area contributed by atoms with Crippen LogP contribution in [-0.2, 0) is 6.54 Å². The molecule has 0 unspecified atom stereocenters. The van der Waals surface area contributed by atoms with E-state index >= 15 is 0 Å². The van der Waals surface area contributed by atoms with E-state index in [1.165, 1.54) is 5.56 Å². The first-order valence-electron chi connectivity index (χ1n) is 8.35. The lowest BCUT2D eigenvalue weighted by atomic mass is 10.2. The van der Waals surface area contributed by atoms with Crippen molar-refractivity contribution in [3.8, 4) is 0 Å². The van der Waals surface area contributed by atoms with Crippen LogP contribution in [0.3, 0.4) is 0 Å². The molecule has 3 aromatic rings. The van der Waals surface area contributed by atoms with Gasteiger partial charge in [-0.05, 0) is 48.0 Å². The molecule has 130 valence electrons. The van der Waals surface area contributed by atoms with E-state index in [2.05, 4.69) is 60.5 Å². The summed E-state index contributed by atoms with van der Waals surface area (Å²) in [6, 6.07) is 20.5. The SMILES string of the molecule is Brc1cccc(N2C=NN(c3ccccc3NCc3ccncc3)C2)c1. The summed E-state index contributed by atoms with van der Waals surface area (Å²) in [5.41, 5.74) is 4.40. The molecule has 2 heterocycles. The van der Waals surface area contributed by atoms with Gasteiger partial charge in [0.2, 0.25) is 0 Å². The Balaban J connectivity index is 1.49. The number of hydrogen-bond donors (Lipinski definition) is 1. The van der Waals surface area contributed by atoms with Crippen molar-refractivity contribution in [2.24, 2.45) is 5.10 Å². The van der Waals surface area contributed by atoms with E-state index in [1.807, 2.05) is 60.1 Å². The maximum absolute atomic E-state index is 4.58. The number of halogens is 1. The largest absolute Gasteiger partial charge is 0.379 e. The van der Waals surface area contributed by atoms with Crippen LogP contribution in [0.2, 0.25) is 0 Å². The average molecular weight is 408 g/mol. The van der Waals surface area contributed by atoms with Gasteiger partial charge in [0.1, 0.15) is 13.0 Å². The molecule has 0 saturated carbocycles. The second-order valence-electron chi connectivity index (χ2n) is 5.95. The van der Waals surface area contributed by atoms with Crippen LogP contribution in [0.5, 0.6) is 0 Å². The number of benzene rings is 2. The zero-order valence-corrected chi connectivity index (χ0v) is 15.7. The highest BCUT2D eigenvalue weighted by molar-refractivity contribution is 9.10. The Labute approximate surface area is 161 Å². The molecule has 0 bridgehead atoms. The molecular formula is C20H18BrN5. The highest BCUT2D eigenvalue weighted by atomic mass is 79.9. The fraction of sp³-hybridized carbons (Fsp3) is 0.100. The first kappa shape index (κ1) is 16.6. The maximum atomic E-state index is 4.58. The van der Waals surface area contributed by atoms with Crippen LogP contribution < -0.4 is 15.2 Å². The fourth-order valence-electron chi connectivity index (χ4n) is 2.83. The summed E-state index contributed by atoms with van der Waals surface area (Å²) in [6.45, 7) is 1.41. The highest BCUT2D eigenvalue weighted by Gasteiger charge is 2.19. The van der Waals surface area contributed by atoms with Gasteiger partial charge >= 0.3 is 0 Å². The van der Waals surface area contributed by atoms with Crippen LogP contribution in [0.25, 0.3) is 0 Å². The van der Waals surface area contributed by atoms with Crippen molar-refractivity contribution in [2.45, 2.75) is 6.54 Å². The van der Waals surface area contributed by atoms with E-state index in [4.69, 9.17) is 0 Å². The van der Waals surface area contributed by atoms with Crippen LogP contribution in [0.1, 0.15) is 5.56 Å². The average Bonchev–Trinajstić information content (AvgIpc) is 3.17. The van der Waals surface area contributed by atoms with Crippen LogP contribution in [0.4, 0.5) is 17.1 Å². The van der Waals surface area contributed by atoms with Crippen molar-refractivity contribution < 1.29 is 0 Å². The summed E-state index contributed by atoms with van der Waals surface area (Å²) in [5.74, 6) is 0. The molecule has 26 heavy (non-hydrogen) atoms. The quantitative estimate of drug-likeness (QED) is 0.666. The van der Waals surface area contributed by atoms with Crippen LogP contribution in [0, 0.1) is 0 Å². The Bertz CT molecular complexity index is 913. The van der Waals surface area contributed by atoms with Crippen molar-refractivity contribution >= 4 is 39.3 Å².